The van der Waals surface area contributed by atoms with Crippen LogP contribution in [0.4, 0.5) is 5.69 Å². The van der Waals surface area contributed by atoms with Gasteiger partial charge in [-0.2, -0.15) is 5.10 Å². The molecular formula is C21H16ClN5OS. The van der Waals surface area contributed by atoms with Gasteiger partial charge in [0.2, 0.25) is 5.91 Å². The van der Waals surface area contributed by atoms with E-state index >= 15 is 0 Å². The van der Waals surface area contributed by atoms with E-state index in [0.29, 0.717) is 16.4 Å². The van der Waals surface area contributed by atoms with E-state index in [1.807, 2.05) is 47.4 Å². The standard InChI is InChI=1S/C21H16ClN5OS/c22-15-5-7-16(8-6-15)27-20-17(11-25-27)21(24-13-23-20)29-12-19(28)26-10-9-14-3-1-2-4-18(14)26/h1-8,11,13H,9-10,12H2. The van der Waals surface area contributed by atoms with Gasteiger partial charge < -0.3 is 4.90 Å². The number of nitrogens with zero attached hydrogens (tertiary/aromatic N) is 5. The lowest BCUT2D eigenvalue weighted by Gasteiger charge is -2.16. The first-order valence-corrected chi connectivity index (χ1v) is 10.5. The average Bonchev–Trinajstić information content (AvgIpc) is 3.37. The number of amides is 1. The highest BCUT2D eigenvalue weighted by atomic mass is 35.5. The third-order valence-electron chi connectivity index (χ3n) is 4.92. The molecule has 0 radical (unpaired) electrons. The molecule has 0 atom stereocenters. The number of hydrogen-bond donors (Lipinski definition) is 0. The maximum absolute atomic E-state index is 12.8. The van der Waals surface area contributed by atoms with Crippen LogP contribution < -0.4 is 4.90 Å². The average molecular weight is 422 g/mol. The summed E-state index contributed by atoms with van der Waals surface area (Å²) in [5.74, 6) is 0.392. The number of benzene rings is 2. The Morgan fingerprint density at radius 1 is 1.10 bits per heavy atom. The quantitative estimate of drug-likeness (QED) is 0.366. The number of fused-ring (bicyclic) bond motifs is 2. The number of halogens is 1. The van der Waals surface area contributed by atoms with Crippen LogP contribution in [0.2, 0.25) is 5.02 Å². The van der Waals surface area contributed by atoms with Gasteiger partial charge in [0.25, 0.3) is 0 Å². The molecule has 4 aromatic rings. The number of carbonyl (C=O) groups is 1. The smallest absolute Gasteiger partial charge is 0.237 e. The molecule has 0 bridgehead atoms. The highest BCUT2D eigenvalue weighted by molar-refractivity contribution is 8.00. The predicted molar refractivity (Wildman–Crippen MR) is 115 cm³/mol. The molecule has 29 heavy (non-hydrogen) atoms. The third kappa shape index (κ3) is 3.36. The Hall–Kier alpha value is -2.90. The Morgan fingerprint density at radius 2 is 1.93 bits per heavy atom. The summed E-state index contributed by atoms with van der Waals surface area (Å²) in [6.45, 7) is 0.729. The van der Waals surface area contributed by atoms with Crippen LogP contribution in [0.3, 0.4) is 0 Å². The SMILES string of the molecule is O=C(CSc1ncnc2c1cnn2-c1ccc(Cl)cc1)N1CCc2ccccc21. The Kier molecular flexibility index (Phi) is 4.69. The van der Waals surface area contributed by atoms with Crippen LogP contribution in [0.15, 0.2) is 66.1 Å². The number of carbonyl (C=O) groups excluding carboxylic acids is 1. The lowest BCUT2D eigenvalue weighted by atomic mass is 10.2. The second-order valence-electron chi connectivity index (χ2n) is 6.66. The molecule has 0 spiro atoms. The molecule has 2 aromatic carbocycles. The molecule has 144 valence electrons. The Morgan fingerprint density at radius 3 is 2.79 bits per heavy atom. The van der Waals surface area contributed by atoms with Crippen LogP contribution in [0.25, 0.3) is 16.7 Å². The second kappa shape index (κ2) is 7.50. The molecule has 2 aromatic heterocycles. The van der Waals surface area contributed by atoms with Gasteiger partial charge in [0.1, 0.15) is 11.4 Å². The molecule has 1 aliphatic heterocycles. The number of hydrogen-bond acceptors (Lipinski definition) is 5. The van der Waals surface area contributed by atoms with Crippen molar-refractivity contribution in [3.05, 3.63) is 71.6 Å². The zero-order valence-electron chi connectivity index (χ0n) is 15.3. The molecule has 0 aliphatic carbocycles. The minimum Gasteiger partial charge on any atom is -0.311 e. The van der Waals surface area contributed by atoms with E-state index in [1.165, 1.54) is 23.7 Å². The van der Waals surface area contributed by atoms with Crippen LogP contribution in [-0.4, -0.2) is 38.0 Å². The van der Waals surface area contributed by atoms with Crippen molar-refractivity contribution >= 4 is 46.0 Å². The molecule has 1 aliphatic rings. The molecule has 0 N–H and O–H groups in total. The van der Waals surface area contributed by atoms with Crippen molar-refractivity contribution in [3.63, 3.8) is 0 Å². The molecule has 5 rings (SSSR count). The lowest BCUT2D eigenvalue weighted by molar-refractivity contribution is -0.116. The van der Waals surface area contributed by atoms with Crippen molar-refractivity contribution in [2.24, 2.45) is 0 Å². The third-order valence-corrected chi connectivity index (χ3v) is 6.16. The summed E-state index contributed by atoms with van der Waals surface area (Å²) in [4.78, 5) is 23.4. The Bertz CT molecular complexity index is 1210. The van der Waals surface area contributed by atoms with Crippen LogP contribution in [0.1, 0.15) is 5.56 Å². The zero-order valence-corrected chi connectivity index (χ0v) is 16.9. The number of rotatable bonds is 4. The maximum Gasteiger partial charge on any atom is 0.237 e. The Balaban J connectivity index is 1.38. The minimum absolute atomic E-state index is 0.0804. The Labute approximate surface area is 176 Å². The van der Waals surface area contributed by atoms with Crippen molar-refractivity contribution < 1.29 is 4.79 Å². The first-order valence-electron chi connectivity index (χ1n) is 9.16. The first-order chi connectivity index (χ1) is 14.2. The normalized spacial score (nSPS) is 13.1. The highest BCUT2D eigenvalue weighted by Crippen LogP contribution is 2.30. The van der Waals surface area contributed by atoms with Gasteiger partial charge in [-0.1, -0.05) is 41.6 Å². The molecule has 1 amide bonds. The first kappa shape index (κ1) is 18.1. The van der Waals surface area contributed by atoms with Crippen LogP contribution >= 0.6 is 23.4 Å². The van der Waals surface area contributed by atoms with Gasteiger partial charge in [-0.15, -0.1) is 0 Å². The highest BCUT2D eigenvalue weighted by Gasteiger charge is 2.24. The van der Waals surface area contributed by atoms with E-state index in [4.69, 9.17) is 11.6 Å². The second-order valence-corrected chi connectivity index (χ2v) is 8.06. The van der Waals surface area contributed by atoms with E-state index in [0.717, 1.165) is 34.8 Å². The zero-order chi connectivity index (χ0) is 19.8. The monoisotopic (exact) mass is 421 g/mol. The van der Waals surface area contributed by atoms with E-state index in [9.17, 15) is 4.79 Å². The van der Waals surface area contributed by atoms with Gasteiger partial charge >= 0.3 is 0 Å². The van der Waals surface area contributed by atoms with Crippen molar-refractivity contribution in [1.29, 1.82) is 0 Å². The fraction of sp³-hybridized carbons (Fsp3) is 0.143. The summed E-state index contributed by atoms with van der Waals surface area (Å²) < 4.78 is 1.75. The van der Waals surface area contributed by atoms with E-state index < -0.39 is 0 Å². The molecular weight excluding hydrogens is 406 g/mol. The topological polar surface area (TPSA) is 63.9 Å². The van der Waals surface area contributed by atoms with Gasteiger partial charge in [0, 0.05) is 17.3 Å². The molecule has 0 fully saturated rings. The summed E-state index contributed by atoms with van der Waals surface area (Å²) in [6.07, 6.45) is 4.15. The molecule has 8 heteroatoms. The molecule has 0 saturated carbocycles. The largest absolute Gasteiger partial charge is 0.311 e. The summed E-state index contributed by atoms with van der Waals surface area (Å²) in [5.41, 5.74) is 3.80. The summed E-state index contributed by atoms with van der Waals surface area (Å²) in [5, 5.41) is 6.69. The predicted octanol–water partition coefficient (Wildman–Crippen LogP) is 4.15. The van der Waals surface area contributed by atoms with Gasteiger partial charge in [-0.25, -0.2) is 14.6 Å². The van der Waals surface area contributed by atoms with Crippen molar-refractivity contribution in [1.82, 2.24) is 19.7 Å². The fourth-order valence-electron chi connectivity index (χ4n) is 3.51. The van der Waals surface area contributed by atoms with E-state index in [1.54, 1.807) is 10.9 Å². The van der Waals surface area contributed by atoms with E-state index in [2.05, 4.69) is 21.1 Å². The van der Waals surface area contributed by atoms with Crippen molar-refractivity contribution in [2.75, 3.05) is 17.2 Å². The van der Waals surface area contributed by atoms with Crippen LogP contribution in [-0.2, 0) is 11.2 Å². The fourth-order valence-corrected chi connectivity index (χ4v) is 4.48. The van der Waals surface area contributed by atoms with Gasteiger partial charge in [-0.3, -0.25) is 4.79 Å². The van der Waals surface area contributed by atoms with Gasteiger partial charge in [0.05, 0.1) is 23.0 Å². The molecule has 0 saturated heterocycles. The van der Waals surface area contributed by atoms with Gasteiger partial charge in [0.15, 0.2) is 5.65 Å². The van der Waals surface area contributed by atoms with Crippen molar-refractivity contribution in [3.8, 4) is 5.69 Å². The number of thioether (sulfide) groups is 1. The van der Waals surface area contributed by atoms with Crippen molar-refractivity contribution in [2.45, 2.75) is 11.4 Å². The maximum atomic E-state index is 12.8. The summed E-state index contributed by atoms with van der Waals surface area (Å²) in [7, 11) is 0. The number of anilines is 1. The molecule has 0 unspecified atom stereocenters. The number of para-hydroxylation sites is 1. The molecule has 6 nitrogen and oxygen atoms in total. The van der Waals surface area contributed by atoms with Crippen LogP contribution in [0.5, 0.6) is 0 Å². The van der Waals surface area contributed by atoms with Gasteiger partial charge in [-0.05, 0) is 42.3 Å². The molecule has 3 heterocycles. The summed E-state index contributed by atoms with van der Waals surface area (Å²) >= 11 is 7.39. The summed E-state index contributed by atoms with van der Waals surface area (Å²) in [6, 6.07) is 15.5. The number of aromatic nitrogens is 4. The minimum atomic E-state index is 0.0804. The van der Waals surface area contributed by atoms with Crippen LogP contribution in [0, 0.1) is 0 Å². The lowest BCUT2D eigenvalue weighted by Crippen LogP contribution is -2.30. The van der Waals surface area contributed by atoms with E-state index in [-0.39, 0.29) is 5.91 Å².